The van der Waals surface area contributed by atoms with E-state index in [4.69, 9.17) is 11.6 Å². The van der Waals surface area contributed by atoms with Crippen LogP contribution in [0.1, 0.15) is 25.5 Å². The highest BCUT2D eigenvalue weighted by molar-refractivity contribution is 6.31. The molecule has 1 aliphatic heterocycles. The molecule has 0 saturated carbocycles. The fourth-order valence-corrected chi connectivity index (χ4v) is 3.14. The second-order valence-electron chi connectivity index (χ2n) is 5.31. The first-order chi connectivity index (χ1) is 9.76. The summed E-state index contributed by atoms with van der Waals surface area (Å²) in [6.07, 6.45) is 0. The standard InChI is InChI=1S/C16H26ClN3/c1-3-19(4-2)13-16(20-11-9-18-10-12-20)14-7-5-6-8-15(14)17/h5-8,16,18H,3-4,9-13H2,1-2H3. The average molecular weight is 296 g/mol. The Kier molecular flexibility index (Phi) is 6.30. The maximum Gasteiger partial charge on any atom is 0.0491 e. The normalized spacial score (nSPS) is 18.4. The highest BCUT2D eigenvalue weighted by Gasteiger charge is 2.25. The van der Waals surface area contributed by atoms with Gasteiger partial charge in [-0.1, -0.05) is 43.6 Å². The van der Waals surface area contributed by atoms with Crippen LogP contribution in [0, 0.1) is 0 Å². The van der Waals surface area contributed by atoms with Crippen molar-refractivity contribution in [3.63, 3.8) is 0 Å². The second kappa shape index (κ2) is 7.99. The van der Waals surface area contributed by atoms with Crippen LogP contribution in [0.25, 0.3) is 0 Å². The Morgan fingerprint density at radius 1 is 1.20 bits per heavy atom. The Morgan fingerprint density at radius 2 is 1.85 bits per heavy atom. The van der Waals surface area contributed by atoms with Crippen LogP contribution >= 0.6 is 11.6 Å². The molecule has 0 aliphatic carbocycles. The zero-order chi connectivity index (χ0) is 14.4. The molecule has 3 nitrogen and oxygen atoms in total. The van der Waals surface area contributed by atoms with Crippen LogP contribution < -0.4 is 5.32 Å². The summed E-state index contributed by atoms with van der Waals surface area (Å²) in [7, 11) is 0. The van der Waals surface area contributed by atoms with Crippen molar-refractivity contribution in [1.82, 2.24) is 15.1 Å². The molecule has 1 unspecified atom stereocenters. The van der Waals surface area contributed by atoms with Crippen molar-refractivity contribution in [1.29, 1.82) is 0 Å². The lowest BCUT2D eigenvalue weighted by Gasteiger charge is -2.38. The van der Waals surface area contributed by atoms with E-state index >= 15 is 0 Å². The van der Waals surface area contributed by atoms with E-state index < -0.39 is 0 Å². The quantitative estimate of drug-likeness (QED) is 0.870. The van der Waals surface area contributed by atoms with Crippen molar-refractivity contribution in [2.24, 2.45) is 0 Å². The van der Waals surface area contributed by atoms with Gasteiger partial charge in [0.05, 0.1) is 0 Å². The van der Waals surface area contributed by atoms with E-state index in [0.717, 1.165) is 50.8 Å². The Bertz CT molecular complexity index is 400. The first-order valence-electron chi connectivity index (χ1n) is 7.67. The minimum Gasteiger partial charge on any atom is -0.314 e. The molecule has 1 N–H and O–H groups in total. The zero-order valence-electron chi connectivity index (χ0n) is 12.6. The molecule has 1 aromatic rings. The summed E-state index contributed by atoms with van der Waals surface area (Å²) in [6.45, 7) is 12.0. The lowest BCUT2D eigenvalue weighted by Crippen LogP contribution is -2.48. The molecule has 1 aromatic carbocycles. The van der Waals surface area contributed by atoms with E-state index in [9.17, 15) is 0 Å². The number of nitrogens with one attached hydrogen (secondary N) is 1. The third-order valence-electron chi connectivity index (χ3n) is 4.18. The lowest BCUT2D eigenvalue weighted by molar-refractivity contribution is 0.129. The van der Waals surface area contributed by atoms with Crippen LogP contribution in [-0.2, 0) is 0 Å². The molecule has 1 heterocycles. The summed E-state index contributed by atoms with van der Waals surface area (Å²) in [5, 5.41) is 4.32. The number of benzene rings is 1. The monoisotopic (exact) mass is 295 g/mol. The lowest BCUT2D eigenvalue weighted by atomic mass is 10.0. The third kappa shape index (κ3) is 3.95. The summed E-state index contributed by atoms with van der Waals surface area (Å²) in [5.41, 5.74) is 1.27. The van der Waals surface area contributed by atoms with Gasteiger partial charge in [-0.05, 0) is 24.7 Å². The van der Waals surface area contributed by atoms with Gasteiger partial charge in [-0.15, -0.1) is 0 Å². The summed E-state index contributed by atoms with van der Waals surface area (Å²) in [6, 6.07) is 8.69. The molecule has 0 amide bonds. The Hall–Kier alpha value is -0.610. The first-order valence-corrected chi connectivity index (χ1v) is 8.05. The van der Waals surface area contributed by atoms with Crippen LogP contribution in [0.15, 0.2) is 24.3 Å². The molecule has 4 heteroatoms. The van der Waals surface area contributed by atoms with Crippen LogP contribution in [0.3, 0.4) is 0 Å². The summed E-state index contributed by atoms with van der Waals surface area (Å²) >= 11 is 6.45. The smallest absolute Gasteiger partial charge is 0.0491 e. The van der Waals surface area contributed by atoms with Crippen molar-refractivity contribution >= 4 is 11.6 Å². The highest BCUT2D eigenvalue weighted by Crippen LogP contribution is 2.28. The molecule has 1 fully saturated rings. The van der Waals surface area contributed by atoms with E-state index in [1.54, 1.807) is 0 Å². The maximum absolute atomic E-state index is 6.45. The van der Waals surface area contributed by atoms with Crippen molar-refractivity contribution < 1.29 is 0 Å². The number of hydrogen-bond acceptors (Lipinski definition) is 3. The van der Waals surface area contributed by atoms with Crippen LogP contribution in [0.5, 0.6) is 0 Å². The Morgan fingerprint density at radius 3 is 2.45 bits per heavy atom. The van der Waals surface area contributed by atoms with Gasteiger partial charge in [0.1, 0.15) is 0 Å². The van der Waals surface area contributed by atoms with E-state index in [2.05, 4.69) is 41.1 Å². The molecular weight excluding hydrogens is 270 g/mol. The van der Waals surface area contributed by atoms with E-state index in [1.807, 2.05) is 12.1 Å². The topological polar surface area (TPSA) is 18.5 Å². The Balaban J connectivity index is 2.21. The van der Waals surface area contributed by atoms with Gasteiger partial charge in [-0.3, -0.25) is 4.90 Å². The molecule has 20 heavy (non-hydrogen) atoms. The van der Waals surface area contributed by atoms with Gasteiger partial charge in [0.15, 0.2) is 0 Å². The van der Waals surface area contributed by atoms with Crippen molar-refractivity contribution in [2.75, 3.05) is 45.8 Å². The predicted molar refractivity (Wildman–Crippen MR) is 86.4 cm³/mol. The number of hydrogen-bond donors (Lipinski definition) is 1. The summed E-state index contributed by atoms with van der Waals surface area (Å²) in [5.74, 6) is 0. The number of halogens is 1. The van der Waals surface area contributed by atoms with E-state index in [0.29, 0.717) is 6.04 Å². The van der Waals surface area contributed by atoms with Gasteiger partial charge in [-0.2, -0.15) is 0 Å². The molecule has 1 aliphatic rings. The molecule has 0 aromatic heterocycles. The molecule has 2 rings (SSSR count). The first kappa shape index (κ1) is 15.8. The van der Waals surface area contributed by atoms with Gasteiger partial charge < -0.3 is 10.2 Å². The van der Waals surface area contributed by atoms with Crippen LogP contribution in [-0.4, -0.2) is 55.6 Å². The average Bonchev–Trinajstić information content (AvgIpc) is 2.51. The maximum atomic E-state index is 6.45. The summed E-state index contributed by atoms with van der Waals surface area (Å²) in [4.78, 5) is 5.05. The fraction of sp³-hybridized carbons (Fsp3) is 0.625. The Labute approximate surface area is 127 Å². The minimum absolute atomic E-state index is 0.394. The zero-order valence-corrected chi connectivity index (χ0v) is 13.4. The van der Waals surface area contributed by atoms with Crippen LogP contribution in [0.4, 0.5) is 0 Å². The number of piperazine rings is 1. The van der Waals surface area contributed by atoms with Gasteiger partial charge in [0.25, 0.3) is 0 Å². The van der Waals surface area contributed by atoms with Gasteiger partial charge in [0, 0.05) is 43.8 Å². The molecule has 1 saturated heterocycles. The molecule has 0 radical (unpaired) electrons. The molecule has 0 bridgehead atoms. The highest BCUT2D eigenvalue weighted by atomic mass is 35.5. The second-order valence-corrected chi connectivity index (χ2v) is 5.72. The predicted octanol–water partition coefficient (Wildman–Crippen LogP) is 2.63. The largest absolute Gasteiger partial charge is 0.314 e. The third-order valence-corrected chi connectivity index (χ3v) is 4.53. The van der Waals surface area contributed by atoms with E-state index in [1.165, 1.54) is 5.56 Å². The number of nitrogens with zero attached hydrogens (tertiary/aromatic N) is 2. The van der Waals surface area contributed by atoms with Gasteiger partial charge in [-0.25, -0.2) is 0 Å². The minimum atomic E-state index is 0.394. The van der Waals surface area contributed by atoms with E-state index in [-0.39, 0.29) is 0 Å². The SMILES string of the molecule is CCN(CC)CC(c1ccccc1Cl)N1CCNCC1. The molecular formula is C16H26ClN3. The van der Waals surface area contributed by atoms with Crippen molar-refractivity contribution in [2.45, 2.75) is 19.9 Å². The van der Waals surface area contributed by atoms with Gasteiger partial charge in [0.2, 0.25) is 0 Å². The molecule has 112 valence electrons. The van der Waals surface area contributed by atoms with Crippen molar-refractivity contribution in [3.05, 3.63) is 34.9 Å². The number of rotatable bonds is 6. The number of likely N-dealkylation sites (N-methyl/N-ethyl adjacent to an activating group) is 1. The molecule has 0 spiro atoms. The van der Waals surface area contributed by atoms with Crippen molar-refractivity contribution in [3.8, 4) is 0 Å². The van der Waals surface area contributed by atoms with Crippen LogP contribution in [0.2, 0.25) is 5.02 Å². The molecule has 1 atom stereocenters. The summed E-state index contributed by atoms with van der Waals surface area (Å²) < 4.78 is 0. The fourth-order valence-electron chi connectivity index (χ4n) is 2.88. The van der Waals surface area contributed by atoms with Gasteiger partial charge >= 0.3 is 0 Å².